The van der Waals surface area contributed by atoms with E-state index < -0.39 is 0 Å². The third kappa shape index (κ3) is 5.18. The number of thiophene rings is 1. The topological polar surface area (TPSA) is 47.6 Å². The fraction of sp³-hybridized carbons (Fsp3) is 0.292. The van der Waals surface area contributed by atoms with Crippen molar-refractivity contribution in [1.82, 2.24) is 5.32 Å². The first kappa shape index (κ1) is 20.9. The molecule has 1 N–H and O–H groups in total. The number of nitrogens with one attached hydrogen (secondary N) is 1. The summed E-state index contributed by atoms with van der Waals surface area (Å²) in [5.74, 6) is 1.64. The van der Waals surface area contributed by atoms with Gasteiger partial charge in [0, 0.05) is 5.56 Å². The number of aryl methyl sites for hydroxylation is 3. The van der Waals surface area contributed by atoms with Crippen LogP contribution in [0.3, 0.4) is 0 Å². The smallest absolute Gasteiger partial charge is 0.261 e. The number of methoxy groups -OCH3 is 1. The lowest BCUT2D eigenvalue weighted by atomic mass is 10.1. The van der Waals surface area contributed by atoms with E-state index in [0.717, 1.165) is 33.8 Å². The predicted molar refractivity (Wildman–Crippen MR) is 118 cm³/mol. The summed E-state index contributed by atoms with van der Waals surface area (Å²) in [6, 6.07) is 13.8. The van der Waals surface area contributed by atoms with Crippen molar-refractivity contribution in [1.29, 1.82) is 0 Å². The molecule has 3 rings (SSSR count). The normalized spacial score (nSPS) is 11.8. The molecule has 0 bridgehead atoms. The third-order valence-corrected chi connectivity index (χ3v) is 5.81. The molecular formula is C24H27NO3S. The van der Waals surface area contributed by atoms with Gasteiger partial charge in [-0.15, -0.1) is 11.3 Å². The Morgan fingerprint density at radius 2 is 1.72 bits per heavy atom. The van der Waals surface area contributed by atoms with Crippen molar-refractivity contribution in [3.8, 4) is 11.5 Å². The molecule has 1 amide bonds. The van der Waals surface area contributed by atoms with Crippen LogP contribution in [0.1, 0.15) is 50.5 Å². The Bertz CT molecular complexity index is 969. The van der Waals surface area contributed by atoms with Crippen LogP contribution in [0.15, 0.2) is 47.8 Å². The van der Waals surface area contributed by atoms with Gasteiger partial charge >= 0.3 is 0 Å². The first-order valence-corrected chi connectivity index (χ1v) is 10.5. The highest BCUT2D eigenvalue weighted by Crippen LogP contribution is 2.26. The summed E-state index contributed by atoms with van der Waals surface area (Å²) in [7, 11) is 1.64. The highest BCUT2D eigenvalue weighted by atomic mass is 32.1. The number of benzene rings is 2. The first-order chi connectivity index (χ1) is 13.9. The molecule has 0 aliphatic heterocycles. The molecule has 0 aliphatic carbocycles. The van der Waals surface area contributed by atoms with Gasteiger partial charge in [0.1, 0.15) is 18.1 Å². The minimum Gasteiger partial charge on any atom is -0.497 e. The average molecular weight is 410 g/mol. The fourth-order valence-corrected chi connectivity index (χ4v) is 4.16. The fourth-order valence-electron chi connectivity index (χ4n) is 3.36. The Hall–Kier alpha value is -2.79. The number of amides is 1. The lowest BCUT2D eigenvalue weighted by molar-refractivity contribution is 0.0944. The SMILES string of the molecule is COc1ccc(C(C)NC(=O)c2cc(COc3c(C)cc(C)cc3C)cs2)cc1. The zero-order valence-electron chi connectivity index (χ0n) is 17.5. The zero-order valence-corrected chi connectivity index (χ0v) is 18.4. The van der Waals surface area contributed by atoms with Crippen molar-refractivity contribution in [2.45, 2.75) is 40.3 Å². The van der Waals surface area contributed by atoms with Crippen LogP contribution < -0.4 is 14.8 Å². The summed E-state index contributed by atoms with van der Waals surface area (Å²) in [5, 5.41) is 5.03. The lowest BCUT2D eigenvalue weighted by Gasteiger charge is -2.14. The molecule has 0 saturated heterocycles. The van der Waals surface area contributed by atoms with Gasteiger partial charge in [0.2, 0.25) is 0 Å². The summed E-state index contributed by atoms with van der Waals surface area (Å²) < 4.78 is 11.2. The van der Waals surface area contributed by atoms with E-state index in [1.165, 1.54) is 16.9 Å². The standard InChI is InChI=1S/C24H27NO3S/c1-15-10-16(2)23(17(3)11-15)28-13-19-12-22(29-14-19)24(26)25-18(4)20-6-8-21(27-5)9-7-20/h6-12,14,18H,13H2,1-5H3,(H,25,26). The third-order valence-electron chi connectivity index (χ3n) is 4.83. The molecule has 1 atom stereocenters. The number of hydrogen-bond acceptors (Lipinski definition) is 4. The second-order valence-electron chi connectivity index (χ2n) is 7.30. The molecule has 3 aromatic rings. The molecule has 0 saturated carbocycles. The number of hydrogen-bond donors (Lipinski definition) is 1. The van der Waals surface area contributed by atoms with Gasteiger partial charge in [-0.3, -0.25) is 4.79 Å². The quantitative estimate of drug-likeness (QED) is 0.540. The summed E-state index contributed by atoms with van der Waals surface area (Å²) in [6.45, 7) is 8.62. The number of rotatable bonds is 7. The highest BCUT2D eigenvalue weighted by molar-refractivity contribution is 7.12. The molecule has 29 heavy (non-hydrogen) atoms. The lowest BCUT2D eigenvalue weighted by Crippen LogP contribution is -2.25. The largest absolute Gasteiger partial charge is 0.497 e. The molecule has 2 aromatic carbocycles. The van der Waals surface area contributed by atoms with Crippen LogP contribution in [-0.2, 0) is 6.61 Å². The van der Waals surface area contributed by atoms with Gasteiger partial charge in [-0.05, 0) is 68.0 Å². The minimum absolute atomic E-state index is 0.0766. The molecule has 0 fully saturated rings. The summed E-state index contributed by atoms with van der Waals surface area (Å²) in [5.41, 5.74) is 5.52. The molecule has 0 aliphatic rings. The van der Waals surface area contributed by atoms with Crippen molar-refractivity contribution >= 4 is 17.2 Å². The van der Waals surface area contributed by atoms with E-state index in [9.17, 15) is 4.79 Å². The van der Waals surface area contributed by atoms with Gasteiger partial charge in [-0.1, -0.05) is 29.8 Å². The molecule has 5 heteroatoms. The van der Waals surface area contributed by atoms with Crippen molar-refractivity contribution in [2.24, 2.45) is 0 Å². The van der Waals surface area contributed by atoms with Crippen LogP contribution in [0.5, 0.6) is 11.5 Å². The molecule has 1 aromatic heterocycles. The summed E-state index contributed by atoms with van der Waals surface area (Å²) >= 11 is 1.43. The second kappa shape index (κ2) is 9.14. The maximum atomic E-state index is 12.6. The van der Waals surface area contributed by atoms with E-state index in [2.05, 4.69) is 38.2 Å². The first-order valence-electron chi connectivity index (χ1n) is 9.60. The van der Waals surface area contributed by atoms with Crippen LogP contribution in [-0.4, -0.2) is 13.0 Å². The van der Waals surface area contributed by atoms with E-state index in [1.807, 2.05) is 42.6 Å². The monoisotopic (exact) mass is 409 g/mol. The van der Waals surface area contributed by atoms with Crippen molar-refractivity contribution in [2.75, 3.05) is 7.11 Å². The van der Waals surface area contributed by atoms with E-state index in [4.69, 9.17) is 9.47 Å². The summed E-state index contributed by atoms with van der Waals surface area (Å²) in [6.07, 6.45) is 0. The Morgan fingerprint density at radius 1 is 1.07 bits per heavy atom. The van der Waals surface area contributed by atoms with E-state index in [0.29, 0.717) is 11.5 Å². The van der Waals surface area contributed by atoms with Crippen LogP contribution in [0, 0.1) is 20.8 Å². The van der Waals surface area contributed by atoms with E-state index in [1.54, 1.807) is 7.11 Å². The van der Waals surface area contributed by atoms with Crippen LogP contribution in [0.2, 0.25) is 0 Å². The van der Waals surface area contributed by atoms with Gasteiger partial charge in [0.25, 0.3) is 5.91 Å². The van der Waals surface area contributed by atoms with Gasteiger partial charge in [0.15, 0.2) is 0 Å². The molecular weight excluding hydrogens is 382 g/mol. The van der Waals surface area contributed by atoms with Crippen LogP contribution in [0.25, 0.3) is 0 Å². The molecule has 1 unspecified atom stereocenters. The van der Waals surface area contributed by atoms with Gasteiger partial charge in [-0.25, -0.2) is 0 Å². The second-order valence-corrected chi connectivity index (χ2v) is 8.22. The molecule has 4 nitrogen and oxygen atoms in total. The number of carbonyl (C=O) groups is 1. The van der Waals surface area contributed by atoms with Crippen molar-refractivity contribution in [3.63, 3.8) is 0 Å². The maximum Gasteiger partial charge on any atom is 0.261 e. The zero-order chi connectivity index (χ0) is 21.0. The summed E-state index contributed by atoms with van der Waals surface area (Å²) in [4.78, 5) is 13.3. The van der Waals surface area contributed by atoms with Crippen LogP contribution in [0.4, 0.5) is 0 Å². The van der Waals surface area contributed by atoms with E-state index in [-0.39, 0.29) is 11.9 Å². The Balaban J connectivity index is 1.61. The van der Waals surface area contributed by atoms with E-state index >= 15 is 0 Å². The van der Waals surface area contributed by atoms with Gasteiger partial charge in [-0.2, -0.15) is 0 Å². The highest BCUT2D eigenvalue weighted by Gasteiger charge is 2.14. The molecule has 152 valence electrons. The molecule has 0 radical (unpaired) electrons. The van der Waals surface area contributed by atoms with Gasteiger partial charge in [0.05, 0.1) is 18.0 Å². The van der Waals surface area contributed by atoms with Crippen molar-refractivity contribution in [3.05, 3.63) is 80.5 Å². The average Bonchev–Trinajstić information content (AvgIpc) is 3.16. The number of ether oxygens (including phenoxy) is 2. The minimum atomic E-state index is -0.0898. The Kier molecular flexibility index (Phi) is 6.60. The Labute approximate surface area is 176 Å². The van der Waals surface area contributed by atoms with Crippen molar-refractivity contribution < 1.29 is 14.3 Å². The molecule has 0 spiro atoms. The number of carbonyl (C=O) groups excluding carboxylic acids is 1. The van der Waals surface area contributed by atoms with Crippen LogP contribution >= 0.6 is 11.3 Å². The molecule has 1 heterocycles. The van der Waals surface area contributed by atoms with Gasteiger partial charge < -0.3 is 14.8 Å². The predicted octanol–water partition coefficient (Wildman–Crippen LogP) is 5.75. The maximum absolute atomic E-state index is 12.6. The Morgan fingerprint density at radius 3 is 2.34 bits per heavy atom.